The molecular formula is C29H32N4O3S3. The number of piperidine rings is 1. The topological polar surface area (TPSA) is 82.6 Å². The molecule has 1 atom stereocenters. The Morgan fingerprint density at radius 3 is 2.62 bits per heavy atom. The Morgan fingerprint density at radius 2 is 1.87 bits per heavy atom. The summed E-state index contributed by atoms with van der Waals surface area (Å²) >= 11 is 3.27. The predicted molar refractivity (Wildman–Crippen MR) is 159 cm³/mol. The molecule has 2 aromatic heterocycles. The molecule has 7 nitrogen and oxygen atoms in total. The zero-order chi connectivity index (χ0) is 27.1. The lowest BCUT2D eigenvalue weighted by Crippen LogP contribution is -2.41. The number of hydrogen-bond acceptors (Lipinski definition) is 7. The van der Waals surface area contributed by atoms with E-state index in [1.165, 1.54) is 10.4 Å². The van der Waals surface area contributed by atoms with E-state index in [0.29, 0.717) is 12.1 Å². The van der Waals surface area contributed by atoms with Crippen molar-refractivity contribution in [3.05, 3.63) is 64.5 Å². The standard InChI is InChI=1S/C29H32N4O3S3/c1-3-32-17-15-22-25(18-32)38-29(26(22)28-30-23-9-4-5-10-24(23)37-28)31-27(34)20-11-13-21(14-12-20)39(35,36)33-16-7-6-8-19(33)2/h4-5,9-14,19H,3,6-8,15-18H2,1-2H3,(H,31,34)/t19-/m0/s1. The Kier molecular flexibility index (Phi) is 7.32. The second-order valence-electron chi connectivity index (χ2n) is 10.3. The first-order valence-corrected chi connectivity index (χ1v) is 16.6. The van der Waals surface area contributed by atoms with Crippen molar-refractivity contribution < 1.29 is 13.2 Å². The van der Waals surface area contributed by atoms with Crippen LogP contribution in [-0.2, 0) is 23.0 Å². The average molecular weight is 581 g/mol. The fourth-order valence-corrected chi connectivity index (χ4v) is 9.63. The number of carbonyl (C=O) groups is 1. The number of thiophene rings is 1. The van der Waals surface area contributed by atoms with Gasteiger partial charge in [0.2, 0.25) is 10.0 Å². The maximum absolute atomic E-state index is 13.4. The number of carbonyl (C=O) groups excluding carboxylic acids is 1. The molecule has 4 aromatic rings. The molecule has 1 N–H and O–H groups in total. The van der Waals surface area contributed by atoms with Gasteiger partial charge in [-0.25, -0.2) is 13.4 Å². The summed E-state index contributed by atoms with van der Waals surface area (Å²) in [5, 5.41) is 4.88. The van der Waals surface area contributed by atoms with E-state index in [4.69, 9.17) is 4.98 Å². The summed E-state index contributed by atoms with van der Waals surface area (Å²) < 4.78 is 29.2. The number of nitrogens with one attached hydrogen (secondary N) is 1. The smallest absolute Gasteiger partial charge is 0.256 e. The molecule has 0 saturated carbocycles. The molecule has 4 heterocycles. The lowest BCUT2D eigenvalue weighted by Gasteiger charge is -2.32. The van der Waals surface area contributed by atoms with Crippen LogP contribution in [0, 0.1) is 0 Å². The number of fused-ring (bicyclic) bond motifs is 2. The molecule has 2 aliphatic rings. The molecule has 2 aromatic carbocycles. The van der Waals surface area contributed by atoms with Crippen molar-refractivity contribution in [3.8, 4) is 10.6 Å². The van der Waals surface area contributed by atoms with Crippen LogP contribution in [0.2, 0.25) is 0 Å². The van der Waals surface area contributed by atoms with Crippen molar-refractivity contribution in [3.63, 3.8) is 0 Å². The van der Waals surface area contributed by atoms with Gasteiger partial charge in [-0.1, -0.05) is 25.5 Å². The van der Waals surface area contributed by atoms with Crippen LogP contribution in [0.15, 0.2) is 53.4 Å². The fraction of sp³-hybridized carbons (Fsp3) is 0.379. The highest BCUT2D eigenvalue weighted by Crippen LogP contribution is 2.45. The van der Waals surface area contributed by atoms with Crippen LogP contribution in [0.5, 0.6) is 0 Å². The highest BCUT2D eigenvalue weighted by Gasteiger charge is 2.31. The van der Waals surface area contributed by atoms with Gasteiger partial charge in [-0.2, -0.15) is 4.31 Å². The minimum absolute atomic E-state index is 0.0128. The van der Waals surface area contributed by atoms with E-state index in [0.717, 1.165) is 71.1 Å². The number of sulfonamides is 1. The SMILES string of the molecule is CCN1CCc2c(sc(NC(=O)c3ccc(S(=O)(=O)N4CCCC[C@@H]4C)cc3)c2-c2nc3ccccc3s2)C1. The minimum Gasteiger partial charge on any atom is -0.313 e. The van der Waals surface area contributed by atoms with E-state index in [1.54, 1.807) is 51.2 Å². The Balaban J connectivity index is 1.30. The maximum Gasteiger partial charge on any atom is 0.256 e. The van der Waals surface area contributed by atoms with Crippen LogP contribution >= 0.6 is 22.7 Å². The molecule has 204 valence electrons. The third-order valence-corrected chi connectivity index (χ3v) is 12.0. The van der Waals surface area contributed by atoms with Gasteiger partial charge in [0.25, 0.3) is 5.91 Å². The fourth-order valence-electron chi connectivity index (χ4n) is 5.54. The molecule has 1 amide bonds. The molecule has 1 fully saturated rings. The predicted octanol–water partition coefficient (Wildman–Crippen LogP) is 6.22. The number of aromatic nitrogens is 1. The van der Waals surface area contributed by atoms with Crippen molar-refractivity contribution in [2.24, 2.45) is 0 Å². The number of para-hydroxylation sites is 1. The van der Waals surface area contributed by atoms with E-state index in [2.05, 4.69) is 23.2 Å². The van der Waals surface area contributed by atoms with Crippen LogP contribution in [0.4, 0.5) is 5.00 Å². The number of anilines is 1. The zero-order valence-corrected chi connectivity index (χ0v) is 24.6. The lowest BCUT2D eigenvalue weighted by molar-refractivity contribution is 0.102. The number of benzene rings is 2. The van der Waals surface area contributed by atoms with Gasteiger partial charge < -0.3 is 5.32 Å². The summed E-state index contributed by atoms with van der Waals surface area (Å²) in [7, 11) is -3.59. The first-order chi connectivity index (χ1) is 18.8. The summed E-state index contributed by atoms with van der Waals surface area (Å²) in [6.45, 7) is 7.51. The molecule has 0 radical (unpaired) electrons. The van der Waals surface area contributed by atoms with Crippen LogP contribution < -0.4 is 5.32 Å². The number of amides is 1. The van der Waals surface area contributed by atoms with Crippen LogP contribution in [0.1, 0.15) is 53.9 Å². The molecule has 10 heteroatoms. The highest BCUT2D eigenvalue weighted by atomic mass is 32.2. The molecule has 0 aliphatic carbocycles. The lowest BCUT2D eigenvalue weighted by atomic mass is 10.0. The van der Waals surface area contributed by atoms with Crippen LogP contribution in [0.25, 0.3) is 20.8 Å². The third-order valence-electron chi connectivity index (χ3n) is 7.78. The maximum atomic E-state index is 13.4. The largest absolute Gasteiger partial charge is 0.313 e. The molecule has 39 heavy (non-hydrogen) atoms. The number of thiazole rings is 1. The summed E-state index contributed by atoms with van der Waals surface area (Å²) in [5.41, 5.74) is 3.69. The van der Waals surface area contributed by atoms with Crippen LogP contribution in [-0.4, -0.2) is 54.2 Å². The first kappa shape index (κ1) is 26.6. The van der Waals surface area contributed by atoms with Gasteiger partial charge in [0, 0.05) is 41.7 Å². The quantitative estimate of drug-likeness (QED) is 0.293. The highest BCUT2D eigenvalue weighted by molar-refractivity contribution is 7.89. The van der Waals surface area contributed by atoms with Crippen LogP contribution in [0.3, 0.4) is 0 Å². The molecular weight excluding hydrogens is 549 g/mol. The number of hydrogen-bond donors (Lipinski definition) is 1. The average Bonchev–Trinajstić information content (AvgIpc) is 3.53. The number of likely N-dealkylation sites (N-methyl/N-ethyl adjacent to an activating group) is 1. The Labute approximate surface area is 237 Å². The van der Waals surface area contributed by atoms with E-state index in [9.17, 15) is 13.2 Å². The second kappa shape index (κ2) is 10.7. The van der Waals surface area contributed by atoms with E-state index < -0.39 is 10.0 Å². The van der Waals surface area contributed by atoms with Crippen molar-refractivity contribution in [1.82, 2.24) is 14.2 Å². The van der Waals surface area contributed by atoms with Gasteiger partial charge in [-0.3, -0.25) is 9.69 Å². The molecule has 0 bridgehead atoms. The Hall–Kier alpha value is -2.63. The zero-order valence-electron chi connectivity index (χ0n) is 22.1. The van der Waals surface area contributed by atoms with Gasteiger partial charge in [-0.15, -0.1) is 22.7 Å². The second-order valence-corrected chi connectivity index (χ2v) is 14.3. The normalized spacial score (nSPS) is 18.8. The molecule has 1 saturated heterocycles. The monoisotopic (exact) mass is 580 g/mol. The van der Waals surface area contributed by atoms with Gasteiger partial charge in [0.15, 0.2) is 0 Å². The van der Waals surface area contributed by atoms with Gasteiger partial charge >= 0.3 is 0 Å². The van der Waals surface area contributed by atoms with Crippen molar-refractivity contribution in [2.45, 2.75) is 57.0 Å². The minimum atomic E-state index is -3.59. The van der Waals surface area contributed by atoms with Gasteiger partial charge in [-0.05, 0) is 74.7 Å². The summed E-state index contributed by atoms with van der Waals surface area (Å²) in [6.07, 6.45) is 3.72. The molecule has 0 unspecified atom stereocenters. The number of rotatable bonds is 6. The van der Waals surface area contributed by atoms with Gasteiger partial charge in [0.1, 0.15) is 10.0 Å². The summed E-state index contributed by atoms with van der Waals surface area (Å²) in [5.74, 6) is -0.251. The van der Waals surface area contributed by atoms with E-state index in [1.807, 2.05) is 25.1 Å². The summed E-state index contributed by atoms with van der Waals surface area (Å²) in [6, 6.07) is 14.4. The molecule has 6 rings (SSSR count). The summed E-state index contributed by atoms with van der Waals surface area (Å²) in [4.78, 5) is 22.3. The van der Waals surface area contributed by atoms with Crippen molar-refractivity contribution in [1.29, 1.82) is 0 Å². The van der Waals surface area contributed by atoms with E-state index in [-0.39, 0.29) is 16.8 Å². The Bertz CT molecular complexity index is 1590. The Morgan fingerprint density at radius 1 is 1.08 bits per heavy atom. The number of nitrogens with zero attached hydrogens (tertiary/aromatic N) is 3. The van der Waals surface area contributed by atoms with E-state index >= 15 is 0 Å². The van der Waals surface area contributed by atoms with Crippen molar-refractivity contribution in [2.75, 3.05) is 25.0 Å². The molecule has 0 spiro atoms. The third kappa shape index (κ3) is 5.04. The van der Waals surface area contributed by atoms with Gasteiger partial charge in [0.05, 0.1) is 15.1 Å². The van der Waals surface area contributed by atoms with Crippen molar-refractivity contribution >= 4 is 53.8 Å². The molecule has 2 aliphatic heterocycles. The first-order valence-electron chi connectivity index (χ1n) is 13.5.